The van der Waals surface area contributed by atoms with Crippen LogP contribution in [0.4, 0.5) is 0 Å². The van der Waals surface area contributed by atoms with Gasteiger partial charge in [0.2, 0.25) is 15.9 Å². The molecule has 0 aliphatic carbocycles. The summed E-state index contributed by atoms with van der Waals surface area (Å²) < 4.78 is 32.8. The second-order valence-electron chi connectivity index (χ2n) is 6.98. The van der Waals surface area contributed by atoms with Crippen molar-refractivity contribution in [2.45, 2.75) is 22.6 Å². The molecule has 0 unspecified atom stereocenters. The number of piperidine rings is 1. The molecular weight excluding hydrogens is 408 g/mol. The Hall–Kier alpha value is -2.03. The second-order valence-corrected chi connectivity index (χ2v) is 9.79. The number of sulfonamides is 1. The first kappa shape index (κ1) is 21.7. The zero-order valence-electron chi connectivity index (χ0n) is 16.4. The third-order valence-electron chi connectivity index (χ3n) is 4.91. The van der Waals surface area contributed by atoms with E-state index in [4.69, 9.17) is 4.74 Å². The van der Waals surface area contributed by atoms with Gasteiger partial charge in [-0.05, 0) is 55.2 Å². The number of carbonyl (C=O) groups is 1. The van der Waals surface area contributed by atoms with Crippen LogP contribution >= 0.6 is 11.8 Å². The second kappa shape index (κ2) is 10.1. The van der Waals surface area contributed by atoms with Gasteiger partial charge in [0, 0.05) is 24.5 Å². The Kier molecular flexibility index (Phi) is 7.57. The van der Waals surface area contributed by atoms with Crippen molar-refractivity contribution < 1.29 is 17.9 Å². The SMILES string of the molecule is COc1ccc(S(=O)(=O)NC[C@@H]2CCCN(C(=O)CSc3ccccc3)C2)cc1. The van der Waals surface area contributed by atoms with Crippen molar-refractivity contribution in [3.05, 3.63) is 54.6 Å². The summed E-state index contributed by atoms with van der Waals surface area (Å²) in [7, 11) is -2.04. The Balaban J connectivity index is 1.50. The number of likely N-dealkylation sites (tertiary alicyclic amines) is 1. The molecule has 0 bridgehead atoms. The van der Waals surface area contributed by atoms with E-state index in [-0.39, 0.29) is 16.7 Å². The van der Waals surface area contributed by atoms with Gasteiger partial charge in [-0.25, -0.2) is 13.1 Å². The van der Waals surface area contributed by atoms with E-state index >= 15 is 0 Å². The number of thioether (sulfide) groups is 1. The van der Waals surface area contributed by atoms with Crippen molar-refractivity contribution in [3.8, 4) is 5.75 Å². The summed E-state index contributed by atoms with van der Waals surface area (Å²) in [6.45, 7) is 1.64. The van der Waals surface area contributed by atoms with Gasteiger partial charge in [0.25, 0.3) is 0 Å². The van der Waals surface area contributed by atoms with E-state index in [0.717, 1.165) is 24.3 Å². The van der Waals surface area contributed by atoms with E-state index < -0.39 is 10.0 Å². The molecule has 1 saturated heterocycles. The zero-order valence-corrected chi connectivity index (χ0v) is 18.0. The first-order valence-electron chi connectivity index (χ1n) is 9.57. The lowest BCUT2D eigenvalue weighted by molar-refractivity contribution is -0.130. The van der Waals surface area contributed by atoms with E-state index in [1.807, 2.05) is 35.2 Å². The molecule has 29 heavy (non-hydrogen) atoms. The van der Waals surface area contributed by atoms with E-state index in [0.29, 0.717) is 24.6 Å². The number of hydrogen-bond donors (Lipinski definition) is 1. The number of carbonyl (C=O) groups excluding carboxylic acids is 1. The lowest BCUT2D eigenvalue weighted by Gasteiger charge is -2.32. The molecule has 156 valence electrons. The van der Waals surface area contributed by atoms with Crippen LogP contribution in [0.25, 0.3) is 0 Å². The Morgan fingerprint density at radius 3 is 2.59 bits per heavy atom. The smallest absolute Gasteiger partial charge is 0.240 e. The maximum atomic E-state index is 12.6. The van der Waals surface area contributed by atoms with Crippen LogP contribution in [0.15, 0.2) is 64.4 Å². The molecule has 1 atom stereocenters. The van der Waals surface area contributed by atoms with E-state index in [2.05, 4.69) is 4.72 Å². The van der Waals surface area contributed by atoms with Gasteiger partial charge in [0.1, 0.15) is 5.75 Å². The summed E-state index contributed by atoms with van der Waals surface area (Å²) in [6.07, 6.45) is 1.79. The maximum Gasteiger partial charge on any atom is 0.240 e. The van der Waals surface area contributed by atoms with Crippen LogP contribution in [0.3, 0.4) is 0 Å². The van der Waals surface area contributed by atoms with Crippen LogP contribution in [0.1, 0.15) is 12.8 Å². The highest BCUT2D eigenvalue weighted by atomic mass is 32.2. The summed E-state index contributed by atoms with van der Waals surface area (Å²) in [4.78, 5) is 15.7. The first-order chi connectivity index (χ1) is 14.0. The topological polar surface area (TPSA) is 75.7 Å². The van der Waals surface area contributed by atoms with Crippen molar-refractivity contribution in [1.29, 1.82) is 0 Å². The summed E-state index contributed by atoms with van der Waals surface area (Å²) >= 11 is 1.53. The molecule has 2 aromatic carbocycles. The zero-order chi connectivity index (χ0) is 20.7. The van der Waals surface area contributed by atoms with Gasteiger partial charge >= 0.3 is 0 Å². The molecule has 1 aliphatic rings. The van der Waals surface area contributed by atoms with Gasteiger partial charge in [-0.2, -0.15) is 0 Å². The van der Waals surface area contributed by atoms with Gasteiger partial charge in [-0.3, -0.25) is 4.79 Å². The van der Waals surface area contributed by atoms with Gasteiger partial charge in [-0.1, -0.05) is 18.2 Å². The van der Waals surface area contributed by atoms with Crippen LogP contribution in [-0.2, 0) is 14.8 Å². The summed E-state index contributed by atoms with van der Waals surface area (Å²) in [5.41, 5.74) is 0. The molecule has 1 amide bonds. The predicted octanol–water partition coefficient (Wildman–Crippen LogP) is 3.00. The first-order valence-corrected chi connectivity index (χ1v) is 12.0. The Morgan fingerprint density at radius 2 is 1.90 bits per heavy atom. The largest absolute Gasteiger partial charge is 0.497 e. The summed E-state index contributed by atoms with van der Waals surface area (Å²) in [6, 6.07) is 16.2. The molecule has 0 radical (unpaired) electrons. The molecular formula is C21H26N2O4S2. The highest BCUT2D eigenvalue weighted by molar-refractivity contribution is 8.00. The third-order valence-corrected chi connectivity index (χ3v) is 7.35. The van der Waals surface area contributed by atoms with Crippen molar-refractivity contribution >= 4 is 27.7 Å². The predicted molar refractivity (Wildman–Crippen MR) is 115 cm³/mol. The summed E-state index contributed by atoms with van der Waals surface area (Å²) in [5.74, 6) is 1.22. The fourth-order valence-electron chi connectivity index (χ4n) is 3.28. The van der Waals surface area contributed by atoms with Gasteiger partial charge < -0.3 is 9.64 Å². The molecule has 1 fully saturated rings. The number of benzene rings is 2. The van der Waals surface area contributed by atoms with E-state index in [9.17, 15) is 13.2 Å². The standard InChI is InChI=1S/C21H26N2O4S2/c1-27-18-9-11-20(12-10-18)29(25,26)22-14-17-6-5-13-23(15-17)21(24)16-28-19-7-3-2-4-8-19/h2-4,7-12,17,22H,5-6,13-16H2,1H3/t17-/m0/s1. The Labute approximate surface area is 176 Å². The van der Waals surface area contributed by atoms with Crippen LogP contribution < -0.4 is 9.46 Å². The van der Waals surface area contributed by atoms with E-state index in [1.54, 1.807) is 12.1 Å². The highest BCUT2D eigenvalue weighted by Crippen LogP contribution is 2.21. The molecule has 1 aliphatic heterocycles. The van der Waals surface area contributed by atoms with Crippen LogP contribution in [0.2, 0.25) is 0 Å². The monoisotopic (exact) mass is 434 g/mol. The minimum atomic E-state index is -3.58. The lowest BCUT2D eigenvalue weighted by atomic mass is 9.98. The molecule has 8 heteroatoms. The average Bonchev–Trinajstić information content (AvgIpc) is 2.77. The average molecular weight is 435 g/mol. The van der Waals surface area contributed by atoms with Gasteiger partial charge in [0.05, 0.1) is 17.8 Å². The Morgan fingerprint density at radius 1 is 1.17 bits per heavy atom. The van der Waals surface area contributed by atoms with Crippen molar-refractivity contribution in [3.63, 3.8) is 0 Å². The molecule has 3 rings (SSSR count). The minimum absolute atomic E-state index is 0.0987. The van der Waals surface area contributed by atoms with Crippen LogP contribution in [-0.4, -0.2) is 51.7 Å². The van der Waals surface area contributed by atoms with Gasteiger partial charge in [0.15, 0.2) is 0 Å². The molecule has 0 saturated carbocycles. The number of hydrogen-bond acceptors (Lipinski definition) is 5. The molecule has 1 heterocycles. The number of nitrogens with one attached hydrogen (secondary N) is 1. The van der Waals surface area contributed by atoms with Crippen molar-refractivity contribution in [2.75, 3.05) is 32.5 Å². The lowest BCUT2D eigenvalue weighted by Crippen LogP contribution is -2.44. The maximum absolute atomic E-state index is 12.6. The number of ether oxygens (including phenoxy) is 1. The Bertz CT molecular complexity index is 902. The quantitative estimate of drug-likeness (QED) is 0.647. The van der Waals surface area contributed by atoms with Crippen LogP contribution in [0, 0.1) is 5.92 Å². The van der Waals surface area contributed by atoms with Crippen molar-refractivity contribution in [2.24, 2.45) is 5.92 Å². The van der Waals surface area contributed by atoms with Gasteiger partial charge in [-0.15, -0.1) is 11.8 Å². The number of methoxy groups -OCH3 is 1. The fraction of sp³-hybridized carbons (Fsp3) is 0.381. The van der Waals surface area contributed by atoms with E-state index in [1.165, 1.54) is 31.0 Å². The fourth-order valence-corrected chi connectivity index (χ4v) is 5.22. The highest BCUT2D eigenvalue weighted by Gasteiger charge is 2.25. The minimum Gasteiger partial charge on any atom is -0.497 e. The number of amides is 1. The van der Waals surface area contributed by atoms with Crippen molar-refractivity contribution in [1.82, 2.24) is 9.62 Å². The molecule has 0 spiro atoms. The summed E-state index contributed by atoms with van der Waals surface area (Å²) in [5, 5.41) is 0. The molecule has 0 aromatic heterocycles. The number of rotatable bonds is 8. The molecule has 2 aromatic rings. The third kappa shape index (κ3) is 6.22. The normalized spacial score (nSPS) is 17.1. The number of nitrogens with zero attached hydrogens (tertiary/aromatic N) is 1. The molecule has 1 N–H and O–H groups in total. The molecule has 6 nitrogen and oxygen atoms in total. The van der Waals surface area contributed by atoms with Crippen LogP contribution in [0.5, 0.6) is 5.75 Å².